The lowest BCUT2D eigenvalue weighted by Crippen LogP contribution is -2.31. The summed E-state index contributed by atoms with van der Waals surface area (Å²) in [5.41, 5.74) is 0.547. The lowest BCUT2D eigenvalue weighted by Gasteiger charge is -2.17. The van der Waals surface area contributed by atoms with Crippen LogP contribution in [-0.4, -0.2) is 37.0 Å². The Morgan fingerprint density at radius 1 is 1.03 bits per heavy atom. The highest BCUT2D eigenvalue weighted by atomic mass is 16.5. The van der Waals surface area contributed by atoms with E-state index in [4.69, 9.17) is 14.2 Å². The van der Waals surface area contributed by atoms with Gasteiger partial charge in [0, 0.05) is 6.07 Å². The molecule has 3 rings (SSSR count). The van der Waals surface area contributed by atoms with Crippen molar-refractivity contribution in [2.45, 2.75) is 6.04 Å². The summed E-state index contributed by atoms with van der Waals surface area (Å²) in [5.74, 6) is 0.447. The number of amides is 1. The van der Waals surface area contributed by atoms with E-state index >= 15 is 0 Å². The first-order valence-electron chi connectivity index (χ1n) is 9.18. The van der Waals surface area contributed by atoms with Crippen LogP contribution < -0.4 is 25.1 Å². The Morgan fingerprint density at radius 2 is 1.68 bits per heavy atom. The second kappa shape index (κ2) is 9.45. The average molecular weight is 420 g/mol. The first-order valence-corrected chi connectivity index (χ1v) is 9.18. The minimum Gasteiger partial charge on any atom is -0.493 e. The third-order valence-electron chi connectivity index (χ3n) is 4.46. The number of ether oxygens (including phenoxy) is 3. The van der Waals surface area contributed by atoms with E-state index in [9.17, 15) is 14.9 Å². The predicted molar refractivity (Wildman–Crippen MR) is 112 cm³/mol. The lowest BCUT2D eigenvalue weighted by atomic mass is 10.1. The van der Waals surface area contributed by atoms with Crippen LogP contribution in [0.3, 0.4) is 0 Å². The molecule has 158 valence electrons. The normalized spacial score (nSPS) is 11.2. The van der Waals surface area contributed by atoms with Gasteiger partial charge in [-0.2, -0.15) is 15.0 Å². The van der Waals surface area contributed by atoms with Crippen LogP contribution in [0.25, 0.3) is 5.69 Å². The zero-order chi connectivity index (χ0) is 22.4. The van der Waals surface area contributed by atoms with Gasteiger partial charge in [0.25, 0.3) is 11.5 Å². The maximum Gasteiger partial charge on any atom is 0.273 e. The molecule has 9 nitrogen and oxygen atoms in total. The van der Waals surface area contributed by atoms with Crippen molar-refractivity contribution < 1.29 is 19.0 Å². The number of para-hydroxylation sites is 1. The summed E-state index contributed by atoms with van der Waals surface area (Å²) in [5, 5.41) is 16.4. The van der Waals surface area contributed by atoms with Crippen LogP contribution in [0.4, 0.5) is 0 Å². The Balaban J connectivity index is 1.92. The number of methoxy groups -OCH3 is 3. The Labute approximate surface area is 178 Å². The van der Waals surface area contributed by atoms with Crippen molar-refractivity contribution in [1.82, 2.24) is 15.1 Å². The fourth-order valence-corrected chi connectivity index (χ4v) is 2.95. The van der Waals surface area contributed by atoms with Crippen molar-refractivity contribution in [2.75, 3.05) is 21.3 Å². The molecule has 1 atom stereocenters. The summed E-state index contributed by atoms with van der Waals surface area (Å²) >= 11 is 0. The smallest absolute Gasteiger partial charge is 0.273 e. The zero-order valence-corrected chi connectivity index (χ0v) is 17.2. The molecule has 0 aliphatic heterocycles. The Hall–Kier alpha value is -4.32. The largest absolute Gasteiger partial charge is 0.493 e. The van der Waals surface area contributed by atoms with Crippen molar-refractivity contribution in [3.63, 3.8) is 0 Å². The number of rotatable bonds is 7. The quantitative estimate of drug-likeness (QED) is 0.623. The van der Waals surface area contributed by atoms with Crippen LogP contribution in [0, 0.1) is 11.3 Å². The van der Waals surface area contributed by atoms with Crippen molar-refractivity contribution in [3.8, 4) is 29.0 Å². The molecule has 0 fully saturated rings. The first kappa shape index (κ1) is 21.4. The monoisotopic (exact) mass is 420 g/mol. The second-order valence-electron chi connectivity index (χ2n) is 6.30. The van der Waals surface area contributed by atoms with E-state index < -0.39 is 11.9 Å². The molecule has 1 heterocycles. The summed E-state index contributed by atoms with van der Waals surface area (Å²) < 4.78 is 17.0. The third-order valence-corrected chi connectivity index (χ3v) is 4.46. The molecular formula is C22H20N4O5. The van der Waals surface area contributed by atoms with Gasteiger partial charge in [-0.1, -0.05) is 18.2 Å². The fourth-order valence-electron chi connectivity index (χ4n) is 2.95. The zero-order valence-electron chi connectivity index (χ0n) is 17.2. The number of nitriles is 1. The van der Waals surface area contributed by atoms with E-state index in [0.717, 1.165) is 4.68 Å². The molecule has 2 aromatic carbocycles. The first-order chi connectivity index (χ1) is 15.0. The molecule has 1 aromatic heterocycles. The molecule has 0 radical (unpaired) electrons. The molecule has 0 aliphatic rings. The maximum absolute atomic E-state index is 12.8. The maximum atomic E-state index is 12.8. The Bertz CT molecular complexity index is 1160. The number of carbonyl (C=O) groups excluding carboxylic acids is 1. The van der Waals surface area contributed by atoms with Crippen LogP contribution in [0.1, 0.15) is 22.1 Å². The van der Waals surface area contributed by atoms with Crippen molar-refractivity contribution in [3.05, 3.63) is 76.2 Å². The van der Waals surface area contributed by atoms with Gasteiger partial charge in [-0.25, -0.2) is 0 Å². The highest BCUT2D eigenvalue weighted by Crippen LogP contribution is 2.39. The molecule has 1 amide bonds. The van der Waals surface area contributed by atoms with Gasteiger partial charge in [-0.05, 0) is 35.9 Å². The van der Waals surface area contributed by atoms with Crippen molar-refractivity contribution in [1.29, 1.82) is 5.26 Å². The molecule has 0 spiro atoms. The molecule has 0 saturated heterocycles. The van der Waals surface area contributed by atoms with E-state index in [1.54, 1.807) is 42.5 Å². The molecule has 3 aromatic rings. The number of aromatic nitrogens is 2. The molecular weight excluding hydrogens is 400 g/mol. The molecule has 0 bridgehead atoms. The number of carbonyl (C=O) groups is 1. The Kier molecular flexibility index (Phi) is 6.52. The molecule has 1 N–H and O–H groups in total. The standard InChI is InChI=1S/C22H20N4O5/c1-29-18-11-14(12-19(30-2)21(18)31-3)17(13-23)24-22(28)16-9-10-20(27)26(25-16)15-7-5-4-6-8-15/h4-12,17H,1-3H3,(H,24,28). The summed E-state index contributed by atoms with van der Waals surface area (Å²) in [6.07, 6.45) is 0. The van der Waals surface area contributed by atoms with E-state index in [1.807, 2.05) is 6.07 Å². The van der Waals surface area contributed by atoms with Gasteiger partial charge in [-0.15, -0.1) is 0 Å². The van der Waals surface area contributed by atoms with Gasteiger partial charge < -0.3 is 19.5 Å². The summed E-state index contributed by atoms with van der Waals surface area (Å²) in [7, 11) is 4.38. The van der Waals surface area contributed by atoms with Crippen LogP contribution in [0.2, 0.25) is 0 Å². The Morgan fingerprint density at radius 3 is 2.23 bits per heavy atom. The topological polar surface area (TPSA) is 115 Å². The van der Waals surface area contributed by atoms with Crippen LogP contribution in [-0.2, 0) is 0 Å². The molecule has 0 saturated carbocycles. The predicted octanol–water partition coefficient (Wildman–Crippen LogP) is 2.25. The van der Waals surface area contributed by atoms with Gasteiger partial charge in [0.2, 0.25) is 5.75 Å². The van der Waals surface area contributed by atoms with Gasteiger partial charge in [0.15, 0.2) is 11.5 Å². The lowest BCUT2D eigenvalue weighted by molar-refractivity contribution is 0.0938. The van der Waals surface area contributed by atoms with Gasteiger partial charge in [0.1, 0.15) is 11.7 Å². The van der Waals surface area contributed by atoms with Crippen LogP contribution in [0.5, 0.6) is 17.2 Å². The summed E-state index contributed by atoms with van der Waals surface area (Å²) in [6.45, 7) is 0. The SMILES string of the molecule is COc1cc(C(C#N)NC(=O)c2ccc(=O)n(-c3ccccc3)n2)cc(OC)c1OC. The van der Waals surface area contributed by atoms with E-state index in [1.165, 1.54) is 33.5 Å². The number of hydrogen-bond acceptors (Lipinski definition) is 7. The summed E-state index contributed by atoms with van der Waals surface area (Å²) in [6, 6.07) is 15.4. The molecule has 31 heavy (non-hydrogen) atoms. The van der Waals surface area contributed by atoms with E-state index in [0.29, 0.717) is 28.5 Å². The number of nitrogens with one attached hydrogen (secondary N) is 1. The van der Waals surface area contributed by atoms with Gasteiger partial charge >= 0.3 is 0 Å². The van der Waals surface area contributed by atoms with Crippen molar-refractivity contribution in [2.24, 2.45) is 0 Å². The van der Waals surface area contributed by atoms with E-state index in [-0.39, 0.29) is 11.3 Å². The number of nitrogens with zero attached hydrogens (tertiary/aromatic N) is 3. The number of benzene rings is 2. The minimum absolute atomic E-state index is 0.0175. The summed E-state index contributed by atoms with van der Waals surface area (Å²) in [4.78, 5) is 25.0. The van der Waals surface area contributed by atoms with Gasteiger partial charge in [-0.3, -0.25) is 9.59 Å². The number of hydrogen-bond donors (Lipinski definition) is 1. The molecule has 0 aliphatic carbocycles. The third kappa shape index (κ3) is 4.48. The van der Waals surface area contributed by atoms with Gasteiger partial charge in [0.05, 0.1) is 33.1 Å². The van der Waals surface area contributed by atoms with Crippen LogP contribution in [0.15, 0.2) is 59.4 Å². The average Bonchev–Trinajstić information content (AvgIpc) is 2.82. The van der Waals surface area contributed by atoms with Crippen LogP contribution >= 0.6 is 0 Å². The molecule has 1 unspecified atom stereocenters. The highest BCUT2D eigenvalue weighted by Gasteiger charge is 2.21. The highest BCUT2D eigenvalue weighted by molar-refractivity contribution is 5.92. The fraction of sp³-hybridized carbons (Fsp3) is 0.182. The minimum atomic E-state index is -1.03. The van der Waals surface area contributed by atoms with Crippen molar-refractivity contribution >= 4 is 5.91 Å². The second-order valence-corrected chi connectivity index (χ2v) is 6.30. The molecule has 9 heteroatoms. The van der Waals surface area contributed by atoms with E-state index in [2.05, 4.69) is 10.4 Å².